The van der Waals surface area contributed by atoms with Crippen LogP contribution in [0, 0.1) is 0 Å². The number of amides is 2. The molecule has 0 aliphatic heterocycles. The predicted molar refractivity (Wildman–Crippen MR) is 65.8 cm³/mol. The highest BCUT2D eigenvalue weighted by Gasteiger charge is 2.16. The van der Waals surface area contributed by atoms with E-state index in [4.69, 9.17) is 5.11 Å². The van der Waals surface area contributed by atoms with Gasteiger partial charge in [-0.1, -0.05) is 13.0 Å². The minimum absolute atomic E-state index is 0.369. The van der Waals surface area contributed by atoms with Gasteiger partial charge in [0.2, 0.25) is 0 Å². The van der Waals surface area contributed by atoms with Crippen LogP contribution in [0.3, 0.4) is 0 Å². The Labute approximate surface area is 99.7 Å². The van der Waals surface area contributed by atoms with Crippen molar-refractivity contribution in [1.29, 1.82) is 0 Å². The van der Waals surface area contributed by atoms with Gasteiger partial charge in [0, 0.05) is 18.1 Å². The summed E-state index contributed by atoms with van der Waals surface area (Å²) in [6.07, 6.45) is 2.16. The second-order valence-corrected chi connectivity index (χ2v) is 4.21. The van der Waals surface area contributed by atoms with Gasteiger partial charge in [-0.3, -0.25) is 0 Å². The lowest BCUT2D eigenvalue weighted by Crippen LogP contribution is -2.46. The van der Waals surface area contributed by atoms with E-state index in [0.717, 1.165) is 11.5 Å². The van der Waals surface area contributed by atoms with Crippen LogP contribution >= 0.6 is 11.8 Å². The Hall–Kier alpha value is -1.17. The number of carboxylic acids is 1. The van der Waals surface area contributed by atoms with E-state index in [1.807, 2.05) is 0 Å². The maximum Gasteiger partial charge on any atom is 0.326 e. The molecule has 0 aromatic rings. The van der Waals surface area contributed by atoms with Crippen molar-refractivity contribution in [1.82, 2.24) is 10.6 Å². The van der Waals surface area contributed by atoms with Crippen LogP contribution in [0.5, 0.6) is 0 Å². The van der Waals surface area contributed by atoms with Crippen LogP contribution in [0.15, 0.2) is 12.7 Å². The van der Waals surface area contributed by atoms with Gasteiger partial charge in [0.1, 0.15) is 6.04 Å². The molecule has 92 valence electrons. The zero-order valence-electron chi connectivity index (χ0n) is 9.36. The summed E-state index contributed by atoms with van der Waals surface area (Å²) in [6, 6.07) is -1.26. The Bertz CT molecular complexity index is 246. The first-order valence-electron chi connectivity index (χ1n) is 5.07. The molecule has 0 aliphatic carbocycles. The first kappa shape index (κ1) is 14.8. The molecule has 3 N–H and O–H groups in total. The van der Waals surface area contributed by atoms with E-state index >= 15 is 0 Å². The standard InChI is InChI=1S/C10H18N2O3S/c1-3-6-16-7-5-11-10(15)12-8(4-2)9(13)14/h3,8H,1,4-7H2,2H3,(H,13,14)(H2,11,12,15)/t8-/m0/s1. The number of aliphatic carboxylic acids is 1. The Morgan fingerprint density at radius 3 is 2.75 bits per heavy atom. The summed E-state index contributed by atoms with van der Waals surface area (Å²) in [6.45, 7) is 5.80. The summed E-state index contributed by atoms with van der Waals surface area (Å²) in [4.78, 5) is 21.9. The first-order valence-corrected chi connectivity index (χ1v) is 6.23. The van der Waals surface area contributed by atoms with Crippen molar-refractivity contribution in [3.05, 3.63) is 12.7 Å². The van der Waals surface area contributed by atoms with Gasteiger partial charge < -0.3 is 15.7 Å². The molecule has 0 aromatic heterocycles. The topological polar surface area (TPSA) is 78.4 Å². The number of urea groups is 1. The van der Waals surface area contributed by atoms with Gasteiger partial charge in [0.15, 0.2) is 0 Å². The third-order valence-electron chi connectivity index (χ3n) is 1.78. The van der Waals surface area contributed by atoms with Crippen molar-refractivity contribution in [2.24, 2.45) is 0 Å². The first-order chi connectivity index (χ1) is 7.61. The molecule has 0 radical (unpaired) electrons. The Kier molecular flexibility index (Phi) is 8.42. The molecule has 0 fully saturated rings. The number of hydrogen-bond acceptors (Lipinski definition) is 3. The zero-order chi connectivity index (χ0) is 12.4. The van der Waals surface area contributed by atoms with Crippen LogP contribution in [0.25, 0.3) is 0 Å². The van der Waals surface area contributed by atoms with Gasteiger partial charge in [-0.15, -0.1) is 6.58 Å². The summed E-state index contributed by atoms with van der Waals surface area (Å²) in [5.41, 5.74) is 0. The zero-order valence-corrected chi connectivity index (χ0v) is 10.2. The van der Waals surface area contributed by atoms with Crippen molar-refractivity contribution in [3.63, 3.8) is 0 Å². The van der Waals surface area contributed by atoms with E-state index in [-0.39, 0.29) is 0 Å². The molecule has 0 spiro atoms. The number of nitrogens with one attached hydrogen (secondary N) is 2. The molecular formula is C10H18N2O3S. The molecule has 0 bridgehead atoms. The monoisotopic (exact) mass is 246 g/mol. The maximum absolute atomic E-state index is 11.2. The second kappa shape index (κ2) is 9.08. The van der Waals surface area contributed by atoms with Crippen molar-refractivity contribution < 1.29 is 14.7 Å². The number of carbonyl (C=O) groups excluding carboxylic acids is 1. The van der Waals surface area contributed by atoms with E-state index in [9.17, 15) is 9.59 Å². The van der Waals surface area contributed by atoms with E-state index in [1.54, 1.807) is 24.8 Å². The van der Waals surface area contributed by atoms with E-state index in [2.05, 4.69) is 17.2 Å². The lowest BCUT2D eigenvalue weighted by atomic mass is 10.2. The fourth-order valence-electron chi connectivity index (χ4n) is 0.951. The normalized spacial score (nSPS) is 11.6. The van der Waals surface area contributed by atoms with Crippen LogP contribution in [-0.4, -0.2) is 41.2 Å². The quantitative estimate of drug-likeness (QED) is 0.442. The predicted octanol–water partition coefficient (Wildman–Crippen LogP) is 1.07. The molecule has 0 saturated heterocycles. The molecule has 2 amide bonds. The fraction of sp³-hybridized carbons (Fsp3) is 0.600. The molecule has 0 aromatic carbocycles. The van der Waals surface area contributed by atoms with Gasteiger partial charge in [0.25, 0.3) is 0 Å². The SMILES string of the molecule is C=CCSCCNC(=O)N[C@@H](CC)C(=O)O. The van der Waals surface area contributed by atoms with E-state index < -0.39 is 18.0 Å². The molecular weight excluding hydrogens is 228 g/mol. The van der Waals surface area contributed by atoms with Gasteiger partial charge >= 0.3 is 12.0 Å². The van der Waals surface area contributed by atoms with Crippen LogP contribution in [0.2, 0.25) is 0 Å². The average molecular weight is 246 g/mol. The number of carbonyl (C=O) groups is 2. The van der Waals surface area contributed by atoms with Gasteiger partial charge in [-0.05, 0) is 6.42 Å². The molecule has 0 saturated carbocycles. The minimum atomic E-state index is -1.02. The molecule has 0 rings (SSSR count). The number of thioether (sulfide) groups is 1. The van der Waals surface area contributed by atoms with Crippen molar-refractivity contribution in [2.75, 3.05) is 18.1 Å². The van der Waals surface area contributed by atoms with Crippen molar-refractivity contribution >= 4 is 23.8 Å². The smallest absolute Gasteiger partial charge is 0.326 e. The van der Waals surface area contributed by atoms with Crippen LogP contribution in [0.1, 0.15) is 13.3 Å². The average Bonchev–Trinajstić information content (AvgIpc) is 2.25. The molecule has 0 heterocycles. The minimum Gasteiger partial charge on any atom is -0.480 e. The Morgan fingerprint density at radius 2 is 2.25 bits per heavy atom. The Morgan fingerprint density at radius 1 is 1.56 bits per heavy atom. The lowest BCUT2D eigenvalue weighted by molar-refractivity contribution is -0.139. The molecule has 6 heteroatoms. The molecule has 1 atom stereocenters. The number of hydrogen-bond donors (Lipinski definition) is 3. The summed E-state index contributed by atoms with van der Waals surface area (Å²) in [5.74, 6) is 0.609. The summed E-state index contributed by atoms with van der Waals surface area (Å²) < 4.78 is 0. The highest BCUT2D eigenvalue weighted by Crippen LogP contribution is 1.97. The van der Waals surface area contributed by atoms with Crippen LogP contribution in [-0.2, 0) is 4.79 Å². The van der Waals surface area contributed by atoms with Gasteiger partial charge in [0.05, 0.1) is 0 Å². The number of rotatable bonds is 8. The summed E-state index contributed by atoms with van der Waals surface area (Å²) in [7, 11) is 0. The number of carboxylic acid groups (broad SMARTS) is 1. The van der Waals surface area contributed by atoms with Crippen LogP contribution in [0.4, 0.5) is 4.79 Å². The van der Waals surface area contributed by atoms with Crippen LogP contribution < -0.4 is 10.6 Å². The fourth-order valence-corrected chi connectivity index (χ4v) is 1.53. The summed E-state index contributed by atoms with van der Waals surface area (Å²) in [5, 5.41) is 13.7. The second-order valence-electron chi connectivity index (χ2n) is 3.06. The molecule has 16 heavy (non-hydrogen) atoms. The molecule has 0 unspecified atom stereocenters. The van der Waals surface area contributed by atoms with Gasteiger partial charge in [-0.25, -0.2) is 9.59 Å². The van der Waals surface area contributed by atoms with Crippen molar-refractivity contribution in [3.8, 4) is 0 Å². The third-order valence-corrected chi connectivity index (χ3v) is 2.74. The third kappa shape index (κ3) is 7.17. The largest absolute Gasteiger partial charge is 0.480 e. The highest BCUT2D eigenvalue weighted by atomic mass is 32.2. The maximum atomic E-state index is 11.2. The summed E-state index contributed by atoms with van der Waals surface area (Å²) >= 11 is 1.65. The Balaban J connectivity index is 3.64. The van der Waals surface area contributed by atoms with Crippen molar-refractivity contribution in [2.45, 2.75) is 19.4 Å². The highest BCUT2D eigenvalue weighted by molar-refractivity contribution is 7.99. The van der Waals surface area contributed by atoms with E-state index in [0.29, 0.717) is 13.0 Å². The molecule has 0 aliphatic rings. The molecule has 5 nitrogen and oxygen atoms in total. The van der Waals surface area contributed by atoms with Gasteiger partial charge in [-0.2, -0.15) is 11.8 Å². The van der Waals surface area contributed by atoms with E-state index in [1.165, 1.54) is 0 Å². The lowest BCUT2D eigenvalue weighted by Gasteiger charge is -2.12.